The highest BCUT2D eigenvalue weighted by atomic mass is 32.1. The molecule has 4 fully saturated rings. The van der Waals surface area contributed by atoms with Crippen LogP contribution in [0, 0.1) is 41.4 Å². The molecule has 0 aliphatic heterocycles. The average molecular weight is 942 g/mol. The third kappa shape index (κ3) is 14.2. The van der Waals surface area contributed by atoms with Crippen molar-refractivity contribution in [2.45, 2.75) is 162 Å². The van der Waals surface area contributed by atoms with Crippen molar-refractivity contribution in [2.24, 2.45) is 41.4 Å². The Morgan fingerprint density at radius 1 is 0.642 bits per heavy atom. The number of nitrogens with zero attached hydrogens (tertiary/aromatic N) is 2. The van der Waals surface area contributed by atoms with E-state index in [1.807, 2.05) is 18.2 Å². The number of ether oxygens (including phenoxy) is 4. The number of nitrogens with one attached hydrogen (secondary N) is 1. The molecule has 4 aliphatic carbocycles. The second kappa shape index (κ2) is 24.5. The molecule has 364 valence electrons. The van der Waals surface area contributed by atoms with Crippen LogP contribution >= 0.6 is 11.3 Å². The number of hydrogen-bond donors (Lipinski definition) is 1. The summed E-state index contributed by atoms with van der Waals surface area (Å²) >= 11 is 1.61. The zero-order chi connectivity index (χ0) is 47.3. The van der Waals surface area contributed by atoms with Crippen molar-refractivity contribution < 1.29 is 47.7 Å². The van der Waals surface area contributed by atoms with E-state index in [2.05, 4.69) is 23.4 Å². The topological polar surface area (TPSA) is 168 Å². The predicted molar refractivity (Wildman–Crippen MR) is 256 cm³/mol. The summed E-state index contributed by atoms with van der Waals surface area (Å²) in [6, 6.07) is 13.2. The summed E-state index contributed by atoms with van der Waals surface area (Å²) in [5.74, 6) is -0.574. The Balaban J connectivity index is 0.963. The summed E-state index contributed by atoms with van der Waals surface area (Å²) in [4.78, 5) is 81.8. The van der Waals surface area contributed by atoms with Gasteiger partial charge in [-0.25, -0.2) is 10.4 Å². The highest BCUT2D eigenvalue weighted by molar-refractivity contribution is 7.22. The predicted octanol–water partition coefficient (Wildman–Crippen LogP) is 10.4. The molecule has 14 heteroatoms. The summed E-state index contributed by atoms with van der Waals surface area (Å²) < 4.78 is 25.0. The van der Waals surface area contributed by atoms with E-state index in [0.29, 0.717) is 87.9 Å². The molecule has 3 aromatic rings. The Morgan fingerprint density at radius 2 is 1.21 bits per heavy atom. The highest BCUT2D eigenvalue weighted by Gasteiger charge is 2.35. The number of ketones is 2. The van der Waals surface area contributed by atoms with Gasteiger partial charge in [0.25, 0.3) is 0 Å². The number of rotatable bonds is 20. The number of hydrogen-bond acceptors (Lipinski definition) is 14. The molecule has 0 spiro atoms. The molecule has 2 aromatic carbocycles. The lowest BCUT2D eigenvalue weighted by molar-refractivity contribution is -0.158. The summed E-state index contributed by atoms with van der Waals surface area (Å²) in [6.45, 7) is 6.78. The van der Waals surface area contributed by atoms with Crippen LogP contribution in [0.25, 0.3) is 10.2 Å². The Labute approximate surface area is 399 Å². The van der Waals surface area contributed by atoms with Gasteiger partial charge in [0.1, 0.15) is 29.2 Å². The number of anilines is 1. The average Bonchev–Trinajstić information content (AvgIpc) is 3.78. The zero-order valence-corrected chi connectivity index (χ0v) is 40.6. The molecule has 0 unspecified atom stereocenters. The number of benzene rings is 2. The van der Waals surface area contributed by atoms with Crippen LogP contribution in [0.15, 0.2) is 42.5 Å². The fourth-order valence-electron chi connectivity index (χ4n) is 10.4. The lowest BCUT2D eigenvalue weighted by atomic mass is 9.80. The van der Waals surface area contributed by atoms with E-state index in [1.165, 1.54) is 0 Å². The maximum absolute atomic E-state index is 13.8. The molecule has 1 aromatic heterocycles. The molecule has 0 radical (unpaired) electrons. The van der Waals surface area contributed by atoms with Gasteiger partial charge in [0, 0.05) is 30.5 Å². The number of unbranched alkanes of at least 4 members (excludes halogenated alkanes) is 3. The fraction of sp³-hybridized carbons (Fsp3) is 0.642. The number of carbonyl (C=O) groups excluding carboxylic acids is 6. The molecule has 1 heterocycles. The van der Waals surface area contributed by atoms with Crippen molar-refractivity contribution in [2.75, 3.05) is 18.2 Å². The minimum Gasteiger partial charge on any atom is -0.465 e. The number of fused-ring (bicyclic) bond motifs is 1. The van der Waals surface area contributed by atoms with Gasteiger partial charge in [-0.05, 0) is 159 Å². The van der Waals surface area contributed by atoms with Gasteiger partial charge in [-0.1, -0.05) is 49.7 Å². The third-order valence-corrected chi connectivity index (χ3v) is 15.9. The van der Waals surface area contributed by atoms with Crippen molar-refractivity contribution in [1.29, 1.82) is 0 Å². The second-order valence-corrected chi connectivity index (χ2v) is 20.7. The van der Waals surface area contributed by atoms with Gasteiger partial charge in [-0.15, -0.1) is 0 Å². The van der Waals surface area contributed by atoms with E-state index in [4.69, 9.17) is 23.9 Å². The largest absolute Gasteiger partial charge is 0.465 e. The minimum atomic E-state index is -0.358. The number of esters is 4. The van der Waals surface area contributed by atoms with Crippen LogP contribution in [0.3, 0.4) is 0 Å². The molecule has 0 amide bonds. The lowest BCUT2D eigenvalue weighted by Gasteiger charge is -2.30. The van der Waals surface area contributed by atoms with Crippen LogP contribution in [0.2, 0.25) is 0 Å². The monoisotopic (exact) mass is 941 g/mol. The molecule has 1 N–H and O–H groups in total. The Kier molecular flexibility index (Phi) is 18.4. The van der Waals surface area contributed by atoms with E-state index in [1.54, 1.807) is 43.4 Å². The minimum absolute atomic E-state index is 0.0421. The number of thiazole rings is 1. The van der Waals surface area contributed by atoms with Crippen molar-refractivity contribution in [3.8, 4) is 11.5 Å². The van der Waals surface area contributed by atoms with Crippen LogP contribution < -0.4 is 19.9 Å². The number of aromatic nitrogens is 1. The second-order valence-electron chi connectivity index (χ2n) is 19.7. The van der Waals surface area contributed by atoms with Crippen LogP contribution in [0.5, 0.6) is 11.5 Å². The third-order valence-electron chi connectivity index (χ3n) is 14.9. The first-order valence-electron chi connectivity index (χ1n) is 25.2. The molecular formula is C53H71N3O10S. The SMILES string of the molecule is CCCCCCN(NCc1cc(OC(=O)C2CCC(COC(=O)C3CCC(C(C)=O)CC3)CC2)ccc1OC(=O)C1CCC(OC(=O)C2CCC(C(C)=O)CC2)CC1)c1nc2ccccc2s1. The standard InChI is InChI=1S/C53H71N3O10S/c1-4-5-6-9-30-56(53-55-46-10-7-8-11-48(46)67-53)54-32-43-31-45(65-51(61)40-14-12-36(13-15-40)33-63-49(59)39-20-16-37(17-21-39)34(2)57)28-29-47(43)66-52(62)42-24-26-44(27-25-42)64-50(60)41-22-18-38(19-23-41)35(3)58/h7-8,10-11,28-29,31,36-42,44,54H,4-6,9,12-27,30,32-33H2,1-3H3. The zero-order valence-electron chi connectivity index (χ0n) is 39.8. The van der Waals surface area contributed by atoms with Crippen LogP contribution in [-0.4, -0.2) is 59.7 Å². The summed E-state index contributed by atoms with van der Waals surface area (Å²) in [5, 5.41) is 2.90. The number of para-hydroxylation sites is 1. The van der Waals surface area contributed by atoms with Crippen molar-refractivity contribution >= 4 is 62.1 Å². The number of hydrazine groups is 1. The van der Waals surface area contributed by atoms with Gasteiger partial charge in [0.15, 0.2) is 0 Å². The van der Waals surface area contributed by atoms with Gasteiger partial charge in [-0.2, -0.15) is 0 Å². The van der Waals surface area contributed by atoms with Crippen LogP contribution in [0.4, 0.5) is 5.13 Å². The van der Waals surface area contributed by atoms with E-state index in [9.17, 15) is 28.8 Å². The van der Waals surface area contributed by atoms with E-state index in [-0.39, 0.29) is 89.5 Å². The van der Waals surface area contributed by atoms with Gasteiger partial charge < -0.3 is 18.9 Å². The summed E-state index contributed by atoms with van der Waals surface area (Å²) in [6.07, 6.45) is 14.7. The molecule has 7 rings (SSSR count). The maximum atomic E-state index is 13.8. The van der Waals surface area contributed by atoms with E-state index >= 15 is 0 Å². The molecule has 0 atom stereocenters. The fourth-order valence-corrected chi connectivity index (χ4v) is 11.3. The molecule has 0 bridgehead atoms. The van der Waals surface area contributed by atoms with Gasteiger partial charge in [-0.3, -0.25) is 33.8 Å². The number of Topliss-reactive ketones (excluding diaryl/α,β-unsaturated/α-hetero) is 2. The Hall–Kier alpha value is -4.69. The van der Waals surface area contributed by atoms with Crippen molar-refractivity contribution in [3.05, 3.63) is 48.0 Å². The van der Waals surface area contributed by atoms with Crippen LogP contribution in [-0.2, 0) is 44.8 Å². The van der Waals surface area contributed by atoms with Gasteiger partial charge in [0.2, 0.25) is 5.13 Å². The Morgan fingerprint density at radius 3 is 1.84 bits per heavy atom. The highest BCUT2D eigenvalue weighted by Crippen LogP contribution is 2.36. The Bertz CT molecular complexity index is 2130. The van der Waals surface area contributed by atoms with Gasteiger partial charge in [0.05, 0.1) is 40.5 Å². The number of carbonyl (C=O) groups is 6. The summed E-state index contributed by atoms with van der Waals surface area (Å²) in [5.41, 5.74) is 5.15. The van der Waals surface area contributed by atoms with E-state index < -0.39 is 0 Å². The molecule has 4 aliphatic rings. The van der Waals surface area contributed by atoms with Gasteiger partial charge >= 0.3 is 23.9 Å². The molecule has 0 saturated heterocycles. The molecule has 13 nitrogen and oxygen atoms in total. The maximum Gasteiger partial charge on any atom is 0.314 e. The molecular weight excluding hydrogens is 871 g/mol. The molecule has 4 saturated carbocycles. The van der Waals surface area contributed by atoms with Crippen molar-refractivity contribution in [3.63, 3.8) is 0 Å². The first-order valence-corrected chi connectivity index (χ1v) is 26.1. The molecule has 67 heavy (non-hydrogen) atoms. The summed E-state index contributed by atoms with van der Waals surface area (Å²) in [7, 11) is 0. The van der Waals surface area contributed by atoms with E-state index in [0.717, 1.165) is 86.1 Å². The quantitative estimate of drug-likeness (QED) is 0.0492. The normalized spacial score (nSPS) is 25.4. The smallest absolute Gasteiger partial charge is 0.314 e. The van der Waals surface area contributed by atoms with Crippen molar-refractivity contribution in [1.82, 2.24) is 10.4 Å². The first kappa shape index (κ1) is 50.2. The first-order chi connectivity index (χ1) is 32.4. The van der Waals surface area contributed by atoms with Crippen LogP contribution in [0.1, 0.15) is 155 Å². The lowest BCUT2D eigenvalue weighted by Crippen LogP contribution is -2.38.